The van der Waals surface area contributed by atoms with Gasteiger partial charge in [-0.3, -0.25) is 0 Å². The average molecular weight is 313 g/mol. The minimum absolute atomic E-state index is 0.589. The van der Waals surface area contributed by atoms with Gasteiger partial charge in [-0.1, -0.05) is 13.8 Å². The highest BCUT2D eigenvalue weighted by molar-refractivity contribution is 9.10. The van der Waals surface area contributed by atoms with Gasteiger partial charge in [-0.2, -0.15) is 4.98 Å². The fourth-order valence-electron chi connectivity index (χ4n) is 2.55. The third kappa shape index (κ3) is 2.76. The van der Waals surface area contributed by atoms with E-state index in [0.29, 0.717) is 17.9 Å². The van der Waals surface area contributed by atoms with Crippen molar-refractivity contribution in [3.05, 3.63) is 10.7 Å². The summed E-state index contributed by atoms with van der Waals surface area (Å²) in [7, 11) is 0. The smallest absolute Gasteiger partial charge is 0.224 e. The zero-order valence-electron chi connectivity index (χ0n) is 11.3. The third-order valence-electron chi connectivity index (χ3n) is 3.40. The molecule has 1 atom stereocenters. The summed E-state index contributed by atoms with van der Waals surface area (Å²) < 4.78 is 0.983. The van der Waals surface area contributed by atoms with Crippen LogP contribution in [0.4, 0.5) is 11.8 Å². The number of nitrogens with one attached hydrogen (secondary N) is 1. The highest BCUT2D eigenvalue weighted by Crippen LogP contribution is 2.33. The molecular weight excluding hydrogens is 292 g/mol. The first-order valence-corrected chi connectivity index (χ1v) is 7.45. The molecule has 100 valence electrons. The SMILES string of the molecule is CCNc1ncc(Br)c(N2CCCC2C(C)C)n1. The molecule has 2 rings (SSSR count). The summed E-state index contributed by atoms with van der Waals surface area (Å²) in [6, 6.07) is 0.589. The largest absolute Gasteiger partial charge is 0.354 e. The summed E-state index contributed by atoms with van der Waals surface area (Å²) >= 11 is 3.57. The fraction of sp³-hybridized carbons (Fsp3) is 0.692. The van der Waals surface area contributed by atoms with Crippen LogP contribution in [0, 0.1) is 5.92 Å². The predicted molar refractivity (Wildman–Crippen MR) is 79.1 cm³/mol. The van der Waals surface area contributed by atoms with Gasteiger partial charge in [0, 0.05) is 25.3 Å². The normalized spacial score (nSPS) is 19.6. The lowest BCUT2D eigenvalue weighted by atomic mass is 10.0. The van der Waals surface area contributed by atoms with Crippen molar-refractivity contribution in [2.75, 3.05) is 23.3 Å². The maximum absolute atomic E-state index is 4.63. The molecule has 1 N–H and O–H groups in total. The molecule has 1 fully saturated rings. The molecule has 2 heterocycles. The number of aromatic nitrogens is 2. The topological polar surface area (TPSA) is 41.1 Å². The van der Waals surface area contributed by atoms with Crippen molar-refractivity contribution in [3.8, 4) is 0 Å². The van der Waals surface area contributed by atoms with Gasteiger partial charge in [0.25, 0.3) is 0 Å². The zero-order chi connectivity index (χ0) is 13.1. The molecule has 1 aromatic heterocycles. The Morgan fingerprint density at radius 2 is 2.33 bits per heavy atom. The third-order valence-corrected chi connectivity index (χ3v) is 3.96. The molecule has 1 aliphatic rings. The Labute approximate surface area is 117 Å². The van der Waals surface area contributed by atoms with Gasteiger partial charge in [-0.05, 0) is 41.6 Å². The molecule has 1 aromatic rings. The summed E-state index contributed by atoms with van der Waals surface area (Å²) in [5.74, 6) is 2.39. The number of hydrogen-bond acceptors (Lipinski definition) is 4. The molecule has 0 radical (unpaired) electrons. The lowest BCUT2D eigenvalue weighted by Gasteiger charge is -2.29. The van der Waals surface area contributed by atoms with Gasteiger partial charge < -0.3 is 10.2 Å². The van der Waals surface area contributed by atoms with Crippen LogP contribution >= 0.6 is 15.9 Å². The number of rotatable bonds is 4. The summed E-state index contributed by atoms with van der Waals surface area (Å²) in [4.78, 5) is 11.3. The van der Waals surface area contributed by atoms with Crippen molar-refractivity contribution < 1.29 is 0 Å². The monoisotopic (exact) mass is 312 g/mol. The zero-order valence-corrected chi connectivity index (χ0v) is 12.9. The summed E-state index contributed by atoms with van der Waals surface area (Å²) in [6.07, 6.45) is 4.34. The molecule has 0 amide bonds. The van der Waals surface area contributed by atoms with Gasteiger partial charge >= 0.3 is 0 Å². The first kappa shape index (κ1) is 13.6. The maximum Gasteiger partial charge on any atom is 0.224 e. The number of hydrogen-bond donors (Lipinski definition) is 1. The van der Waals surface area contributed by atoms with E-state index >= 15 is 0 Å². The van der Waals surface area contributed by atoms with Crippen molar-refractivity contribution in [2.24, 2.45) is 5.92 Å². The van der Waals surface area contributed by atoms with Crippen LogP contribution in [0.1, 0.15) is 33.6 Å². The van der Waals surface area contributed by atoms with E-state index in [1.54, 1.807) is 0 Å². The minimum atomic E-state index is 0.589. The van der Waals surface area contributed by atoms with Crippen LogP contribution < -0.4 is 10.2 Å². The predicted octanol–water partition coefficient (Wildman–Crippen LogP) is 3.30. The van der Waals surface area contributed by atoms with E-state index in [-0.39, 0.29) is 0 Å². The van der Waals surface area contributed by atoms with Gasteiger partial charge in [0.05, 0.1) is 4.47 Å². The molecule has 1 aliphatic heterocycles. The molecule has 0 spiro atoms. The van der Waals surface area contributed by atoms with E-state index in [0.717, 1.165) is 23.4 Å². The van der Waals surface area contributed by atoms with E-state index in [1.165, 1.54) is 12.8 Å². The molecule has 0 saturated carbocycles. The highest BCUT2D eigenvalue weighted by atomic mass is 79.9. The van der Waals surface area contributed by atoms with E-state index < -0.39 is 0 Å². The van der Waals surface area contributed by atoms with Gasteiger partial charge in [-0.15, -0.1) is 0 Å². The van der Waals surface area contributed by atoms with Crippen molar-refractivity contribution in [3.63, 3.8) is 0 Å². The van der Waals surface area contributed by atoms with E-state index in [1.807, 2.05) is 6.20 Å². The van der Waals surface area contributed by atoms with Gasteiger partial charge in [-0.25, -0.2) is 4.98 Å². The fourth-order valence-corrected chi connectivity index (χ4v) is 2.97. The Kier molecular flexibility index (Phi) is 4.43. The first-order chi connectivity index (χ1) is 8.63. The number of anilines is 2. The van der Waals surface area contributed by atoms with Crippen LogP contribution in [-0.2, 0) is 0 Å². The van der Waals surface area contributed by atoms with Gasteiger partial charge in [0.15, 0.2) is 0 Å². The lowest BCUT2D eigenvalue weighted by Crippen LogP contribution is -2.34. The van der Waals surface area contributed by atoms with Crippen LogP contribution in [0.5, 0.6) is 0 Å². The van der Waals surface area contributed by atoms with Gasteiger partial charge in [0.2, 0.25) is 5.95 Å². The minimum Gasteiger partial charge on any atom is -0.354 e. The average Bonchev–Trinajstić information content (AvgIpc) is 2.81. The second-order valence-electron chi connectivity index (χ2n) is 5.04. The molecule has 0 bridgehead atoms. The summed E-state index contributed by atoms with van der Waals surface area (Å²) in [5, 5.41) is 3.17. The molecule has 5 heteroatoms. The van der Waals surface area contributed by atoms with Crippen LogP contribution in [0.2, 0.25) is 0 Å². The lowest BCUT2D eigenvalue weighted by molar-refractivity contribution is 0.489. The Bertz CT molecular complexity index is 408. The van der Waals surface area contributed by atoms with E-state index in [9.17, 15) is 0 Å². The Hall–Kier alpha value is -0.840. The molecular formula is C13H21BrN4. The highest BCUT2D eigenvalue weighted by Gasteiger charge is 2.29. The van der Waals surface area contributed by atoms with Crippen molar-refractivity contribution in [1.29, 1.82) is 0 Å². The van der Waals surface area contributed by atoms with Crippen LogP contribution in [0.25, 0.3) is 0 Å². The van der Waals surface area contributed by atoms with Crippen LogP contribution in [0.15, 0.2) is 10.7 Å². The van der Waals surface area contributed by atoms with Gasteiger partial charge in [0.1, 0.15) is 5.82 Å². The second kappa shape index (κ2) is 5.87. The molecule has 0 aliphatic carbocycles. The van der Waals surface area contributed by atoms with Crippen LogP contribution in [0.3, 0.4) is 0 Å². The standard InChI is InChI=1S/C13H21BrN4/c1-4-15-13-16-8-10(14)12(17-13)18-7-5-6-11(18)9(2)3/h8-9,11H,4-7H2,1-3H3,(H,15,16,17). The number of halogens is 1. The quantitative estimate of drug-likeness (QED) is 0.926. The maximum atomic E-state index is 4.63. The Morgan fingerprint density at radius 3 is 3.00 bits per heavy atom. The second-order valence-corrected chi connectivity index (χ2v) is 5.90. The Balaban J connectivity index is 2.28. The van der Waals surface area contributed by atoms with E-state index in [2.05, 4.69) is 56.9 Å². The molecule has 1 unspecified atom stereocenters. The summed E-state index contributed by atoms with van der Waals surface area (Å²) in [5.41, 5.74) is 0. The number of nitrogens with zero attached hydrogens (tertiary/aromatic N) is 3. The first-order valence-electron chi connectivity index (χ1n) is 6.66. The molecule has 18 heavy (non-hydrogen) atoms. The van der Waals surface area contributed by atoms with Crippen LogP contribution in [-0.4, -0.2) is 29.1 Å². The van der Waals surface area contributed by atoms with Crippen molar-refractivity contribution in [1.82, 2.24) is 9.97 Å². The molecule has 1 saturated heterocycles. The van der Waals surface area contributed by atoms with Crippen molar-refractivity contribution >= 4 is 27.7 Å². The Morgan fingerprint density at radius 1 is 1.56 bits per heavy atom. The summed E-state index contributed by atoms with van der Waals surface area (Å²) in [6.45, 7) is 8.54. The molecule has 4 nitrogen and oxygen atoms in total. The van der Waals surface area contributed by atoms with E-state index in [4.69, 9.17) is 0 Å². The van der Waals surface area contributed by atoms with Crippen molar-refractivity contribution in [2.45, 2.75) is 39.7 Å². The molecule has 0 aromatic carbocycles.